The summed E-state index contributed by atoms with van der Waals surface area (Å²) < 4.78 is 32.6. The zero-order valence-electron chi connectivity index (χ0n) is 19.1. The molecule has 2 aromatic rings. The van der Waals surface area contributed by atoms with Gasteiger partial charge in [-0.25, -0.2) is 13.2 Å². The third-order valence-electron chi connectivity index (χ3n) is 6.49. The summed E-state index contributed by atoms with van der Waals surface area (Å²) in [5.74, 6) is -0.930. The first-order valence-corrected chi connectivity index (χ1v) is 12.6. The maximum atomic E-state index is 13.0. The van der Waals surface area contributed by atoms with E-state index in [4.69, 9.17) is 4.42 Å². The minimum Gasteiger partial charge on any atom is -0.466 e. The summed E-state index contributed by atoms with van der Waals surface area (Å²) in [6, 6.07) is 8.31. The lowest BCUT2D eigenvalue weighted by molar-refractivity contribution is -0.134. The van der Waals surface area contributed by atoms with Gasteiger partial charge in [-0.2, -0.15) is 4.31 Å². The fourth-order valence-electron chi connectivity index (χ4n) is 4.43. The van der Waals surface area contributed by atoms with Crippen LogP contribution in [-0.2, 0) is 25.2 Å². The number of nitrogens with zero attached hydrogens (tertiary/aromatic N) is 2. The van der Waals surface area contributed by atoms with Crippen molar-refractivity contribution in [2.75, 3.05) is 18.9 Å². The van der Waals surface area contributed by atoms with Crippen molar-refractivity contribution >= 4 is 33.6 Å². The van der Waals surface area contributed by atoms with Crippen LogP contribution in [0.2, 0.25) is 0 Å². The zero-order chi connectivity index (χ0) is 24.5. The zero-order valence-corrected chi connectivity index (χ0v) is 19.9. The van der Waals surface area contributed by atoms with E-state index in [1.54, 1.807) is 19.2 Å². The molecule has 0 unspecified atom stereocenters. The molecule has 1 aromatic heterocycles. The summed E-state index contributed by atoms with van der Waals surface area (Å²) in [6.07, 6.45) is 6.27. The Bertz CT molecular complexity index is 1170. The lowest BCUT2D eigenvalue weighted by atomic mass is 9.96. The number of rotatable bonds is 7. The first kappa shape index (κ1) is 24.0. The largest absolute Gasteiger partial charge is 0.466 e. The Balaban J connectivity index is 1.39. The van der Waals surface area contributed by atoms with Crippen LogP contribution in [0.15, 0.2) is 52.0 Å². The fourth-order valence-corrected chi connectivity index (χ4v) is 5.85. The van der Waals surface area contributed by atoms with Gasteiger partial charge in [0.05, 0.1) is 11.2 Å². The molecule has 1 aliphatic carbocycles. The van der Waals surface area contributed by atoms with Crippen LogP contribution < -0.4 is 10.6 Å². The van der Waals surface area contributed by atoms with Crippen LogP contribution in [0.3, 0.4) is 0 Å². The van der Waals surface area contributed by atoms with Crippen molar-refractivity contribution in [1.82, 2.24) is 14.5 Å². The summed E-state index contributed by atoms with van der Waals surface area (Å²) in [6.45, 7) is 1.01. The van der Waals surface area contributed by atoms with Crippen LogP contribution in [0.4, 0.5) is 10.5 Å². The maximum Gasteiger partial charge on any atom is 0.325 e. The molecule has 1 saturated heterocycles. The number of imide groups is 1. The Morgan fingerprint density at radius 3 is 2.47 bits per heavy atom. The number of anilines is 1. The molecule has 1 aromatic carbocycles. The maximum absolute atomic E-state index is 13.0. The molecule has 2 aliphatic rings. The van der Waals surface area contributed by atoms with Crippen molar-refractivity contribution in [1.29, 1.82) is 0 Å². The van der Waals surface area contributed by atoms with Crippen molar-refractivity contribution < 1.29 is 27.2 Å². The van der Waals surface area contributed by atoms with Gasteiger partial charge in [0.2, 0.25) is 15.9 Å². The summed E-state index contributed by atoms with van der Waals surface area (Å²) >= 11 is 0. The Hall–Kier alpha value is -3.18. The molecular formula is C23H28N4O6S. The van der Waals surface area contributed by atoms with Gasteiger partial charge in [-0.1, -0.05) is 19.3 Å². The Morgan fingerprint density at radius 1 is 1.18 bits per heavy atom. The van der Waals surface area contributed by atoms with Crippen LogP contribution in [0.5, 0.6) is 0 Å². The topological polar surface area (TPSA) is 129 Å². The number of urea groups is 1. The number of nitrogens with one attached hydrogen (secondary N) is 2. The van der Waals surface area contributed by atoms with E-state index in [1.165, 1.54) is 41.8 Å². The number of hydrogen-bond acceptors (Lipinski definition) is 6. The molecule has 34 heavy (non-hydrogen) atoms. The van der Waals surface area contributed by atoms with Gasteiger partial charge in [0.1, 0.15) is 12.3 Å². The smallest absolute Gasteiger partial charge is 0.325 e. The van der Waals surface area contributed by atoms with E-state index in [0.717, 1.165) is 37.0 Å². The first-order valence-electron chi connectivity index (χ1n) is 11.2. The minimum atomic E-state index is -3.65. The Kier molecular flexibility index (Phi) is 6.50. The Morgan fingerprint density at radius 2 is 1.85 bits per heavy atom. The molecular weight excluding hydrogens is 460 g/mol. The highest BCUT2D eigenvalue weighted by molar-refractivity contribution is 7.89. The fraction of sp³-hybridized carbons (Fsp3) is 0.435. The molecule has 4 amide bonds. The van der Waals surface area contributed by atoms with Gasteiger partial charge in [0.15, 0.2) is 5.54 Å². The predicted molar refractivity (Wildman–Crippen MR) is 123 cm³/mol. The molecule has 1 atom stereocenters. The van der Waals surface area contributed by atoms with Gasteiger partial charge < -0.3 is 15.1 Å². The second-order valence-electron chi connectivity index (χ2n) is 8.81. The van der Waals surface area contributed by atoms with Crippen molar-refractivity contribution in [2.24, 2.45) is 0 Å². The average Bonchev–Trinajstić information content (AvgIpc) is 3.44. The van der Waals surface area contributed by atoms with Crippen molar-refractivity contribution in [3.05, 3.63) is 48.4 Å². The molecule has 1 aliphatic heterocycles. The van der Waals surface area contributed by atoms with E-state index >= 15 is 0 Å². The molecule has 4 rings (SSSR count). The SMILES string of the molecule is CN(C1CCCCC1)S(=O)(=O)c1ccc(NC(=O)CN2C(=O)N[C@@](C)(c3ccco3)C2=O)cc1. The second-order valence-corrected chi connectivity index (χ2v) is 10.8. The second kappa shape index (κ2) is 9.22. The van der Waals surface area contributed by atoms with E-state index in [9.17, 15) is 22.8 Å². The third-order valence-corrected chi connectivity index (χ3v) is 8.42. The predicted octanol–water partition coefficient (Wildman–Crippen LogP) is 2.64. The van der Waals surface area contributed by atoms with Crippen LogP contribution in [0.25, 0.3) is 0 Å². The number of carbonyl (C=O) groups is 3. The van der Waals surface area contributed by atoms with Gasteiger partial charge in [-0.15, -0.1) is 0 Å². The molecule has 182 valence electrons. The number of furan rings is 1. The Labute approximate surface area is 198 Å². The quantitative estimate of drug-likeness (QED) is 0.577. The minimum absolute atomic E-state index is 0.00543. The number of amides is 4. The summed E-state index contributed by atoms with van der Waals surface area (Å²) in [4.78, 5) is 38.6. The number of hydrogen-bond donors (Lipinski definition) is 2. The summed E-state index contributed by atoms with van der Waals surface area (Å²) in [7, 11) is -2.04. The molecule has 11 heteroatoms. The highest BCUT2D eigenvalue weighted by Gasteiger charge is 2.51. The van der Waals surface area contributed by atoms with Gasteiger partial charge in [0.25, 0.3) is 5.91 Å². The van der Waals surface area contributed by atoms with E-state index in [0.29, 0.717) is 5.69 Å². The van der Waals surface area contributed by atoms with Crippen molar-refractivity contribution in [2.45, 2.75) is 55.5 Å². The molecule has 0 bridgehead atoms. The monoisotopic (exact) mass is 488 g/mol. The average molecular weight is 489 g/mol. The number of benzene rings is 1. The van der Waals surface area contributed by atoms with Crippen molar-refractivity contribution in [3.8, 4) is 0 Å². The number of sulfonamides is 1. The van der Waals surface area contributed by atoms with E-state index in [-0.39, 0.29) is 16.7 Å². The molecule has 2 heterocycles. The summed E-state index contributed by atoms with van der Waals surface area (Å²) in [5, 5.41) is 5.15. The third kappa shape index (κ3) is 4.45. The van der Waals surface area contributed by atoms with Crippen LogP contribution >= 0.6 is 0 Å². The normalized spacial score (nSPS) is 21.7. The van der Waals surface area contributed by atoms with E-state index in [2.05, 4.69) is 10.6 Å². The molecule has 0 radical (unpaired) electrons. The van der Waals surface area contributed by atoms with Gasteiger partial charge in [0, 0.05) is 18.8 Å². The molecule has 2 fully saturated rings. The van der Waals surface area contributed by atoms with Crippen molar-refractivity contribution in [3.63, 3.8) is 0 Å². The lowest BCUT2D eigenvalue weighted by Crippen LogP contribution is -2.41. The molecule has 0 spiro atoms. The molecule has 10 nitrogen and oxygen atoms in total. The van der Waals surface area contributed by atoms with Crippen LogP contribution in [0, 0.1) is 0 Å². The first-order chi connectivity index (χ1) is 16.1. The molecule has 2 N–H and O–H groups in total. The highest BCUT2D eigenvalue weighted by atomic mass is 32.2. The lowest BCUT2D eigenvalue weighted by Gasteiger charge is -2.30. The van der Waals surface area contributed by atoms with Crippen LogP contribution in [-0.4, -0.2) is 55.1 Å². The highest BCUT2D eigenvalue weighted by Crippen LogP contribution is 2.29. The van der Waals surface area contributed by atoms with E-state index in [1.807, 2.05) is 0 Å². The summed E-state index contributed by atoms with van der Waals surface area (Å²) in [5.41, 5.74) is -1.04. The molecule has 1 saturated carbocycles. The van der Waals surface area contributed by atoms with Gasteiger partial charge in [-0.05, 0) is 56.2 Å². The van der Waals surface area contributed by atoms with Gasteiger partial charge in [-0.3, -0.25) is 14.5 Å². The van der Waals surface area contributed by atoms with E-state index < -0.39 is 40.0 Å². The van der Waals surface area contributed by atoms with Crippen LogP contribution in [0.1, 0.15) is 44.8 Å². The standard InChI is InChI=1S/C23H28N4O6S/c1-23(19-9-6-14-33-19)21(29)27(22(30)25-23)15-20(28)24-16-10-12-18(13-11-16)34(31,32)26(2)17-7-4-3-5-8-17/h6,9-14,17H,3-5,7-8,15H2,1-2H3,(H,24,28)(H,25,30)/t23-/m0/s1. The van der Waals surface area contributed by atoms with Gasteiger partial charge >= 0.3 is 6.03 Å². The number of carbonyl (C=O) groups excluding carboxylic acids is 3.